The fourth-order valence-corrected chi connectivity index (χ4v) is 4.40. The van der Waals surface area contributed by atoms with Crippen molar-refractivity contribution >= 4 is 23.1 Å². The van der Waals surface area contributed by atoms with Crippen molar-refractivity contribution < 1.29 is 0 Å². The van der Waals surface area contributed by atoms with Crippen LogP contribution in [0, 0.1) is 6.92 Å². The van der Waals surface area contributed by atoms with Crippen molar-refractivity contribution in [2.75, 3.05) is 6.54 Å². The van der Waals surface area contributed by atoms with Crippen molar-refractivity contribution in [3.05, 3.63) is 32.4 Å². The van der Waals surface area contributed by atoms with Crippen LogP contribution in [0.5, 0.6) is 0 Å². The molecular weight excluding hydrogens is 280 g/mol. The van der Waals surface area contributed by atoms with Crippen molar-refractivity contribution in [1.29, 1.82) is 0 Å². The molecule has 5 nitrogen and oxygen atoms in total. The highest BCUT2D eigenvalue weighted by Gasteiger charge is 2.30. The molecule has 3 N–H and O–H groups in total. The Hall–Kier alpha value is -1.05. The number of hydrogen-bond acceptors (Lipinski definition) is 5. The van der Waals surface area contributed by atoms with Gasteiger partial charge in [0.2, 0.25) is 0 Å². The van der Waals surface area contributed by atoms with E-state index in [4.69, 9.17) is 5.73 Å². The third-order valence-electron chi connectivity index (χ3n) is 3.24. The number of rotatable bonds is 5. The quantitative estimate of drug-likeness (QED) is 0.828. The van der Waals surface area contributed by atoms with Crippen molar-refractivity contribution in [2.24, 2.45) is 5.73 Å². The van der Waals surface area contributed by atoms with E-state index in [1.54, 1.807) is 27.7 Å². The summed E-state index contributed by atoms with van der Waals surface area (Å²) in [7, 11) is 0. The van der Waals surface area contributed by atoms with Crippen LogP contribution in [0.25, 0.3) is 0 Å². The number of hydrogen-bond donors (Lipinski definition) is 2. The zero-order valence-electron chi connectivity index (χ0n) is 10.6. The highest BCUT2D eigenvalue weighted by Crippen LogP contribution is 2.41. The summed E-state index contributed by atoms with van der Waals surface area (Å²) >= 11 is 3.29. The Bertz CT molecular complexity index is 626. The molecule has 1 fully saturated rings. The van der Waals surface area contributed by atoms with E-state index in [1.807, 2.05) is 0 Å². The molecule has 1 saturated carbocycles. The molecule has 2 heterocycles. The van der Waals surface area contributed by atoms with Crippen LogP contribution in [0.3, 0.4) is 0 Å². The molecule has 0 aliphatic heterocycles. The lowest BCUT2D eigenvalue weighted by molar-refractivity contribution is 0.641. The molecule has 0 spiro atoms. The predicted octanol–water partition coefficient (Wildman–Crippen LogP) is 2.07. The van der Waals surface area contributed by atoms with Crippen molar-refractivity contribution in [2.45, 2.75) is 36.2 Å². The van der Waals surface area contributed by atoms with Crippen LogP contribution >= 0.6 is 23.1 Å². The minimum atomic E-state index is -0.108. The summed E-state index contributed by atoms with van der Waals surface area (Å²) in [5.74, 6) is 0. The third-order valence-corrected chi connectivity index (χ3v) is 5.73. The van der Waals surface area contributed by atoms with Gasteiger partial charge in [-0.1, -0.05) is 11.8 Å². The molecule has 2 aromatic rings. The Morgan fingerprint density at radius 3 is 3.05 bits per heavy atom. The second kappa shape index (κ2) is 5.15. The molecule has 102 valence electrons. The summed E-state index contributed by atoms with van der Waals surface area (Å²) < 4.78 is 1.77. The lowest BCUT2D eigenvalue weighted by atomic mass is 10.2. The highest BCUT2D eigenvalue weighted by molar-refractivity contribution is 7.99. The van der Waals surface area contributed by atoms with Gasteiger partial charge in [0.15, 0.2) is 5.16 Å². The van der Waals surface area contributed by atoms with Gasteiger partial charge in [0.1, 0.15) is 0 Å². The highest BCUT2D eigenvalue weighted by atomic mass is 32.2. The van der Waals surface area contributed by atoms with Crippen LogP contribution in [0.1, 0.15) is 34.6 Å². The van der Waals surface area contributed by atoms with Crippen LogP contribution in [-0.2, 0) is 0 Å². The molecule has 19 heavy (non-hydrogen) atoms. The fraction of sp³-hybridized carbons (Fsp3) is 0.500. The molecule has 0 amide bonds. The lowest BCUT2D eigenvalue weighted by Gasteiger charge is -2.13. The summed E-state index contributed by atoms with van der Waals surface area (Å²) in [6.45, 7) is 2.63. The number of nitrogens with two attached hydrogens (primary N) is 1. The van der Waals surface area contributed by atoms with Gasteiger partial charge in [-0.25, -0.2) is 9.89 Å². The molecule has 1 unspecified atom stereocenters. The largest absolute Gasteiger partial charge is 0.344 e. The van der Waals surface area contributed by atoms with Crippen molar-refractivity contribution in [3.63, 3.8) is 0 Å². The van der Waals surface area contributed by atoms with E-state index in [2.05, 4.69) is 28.6 Å². The van der Waals surface area contributed by atoms with Gasteiger partial charge in [-0.2, -0.15) is 0 Å². The predicted molar refractivity (Wildman–Crippen MR) is 77.8 cm³/mol. The van der Waals surface area contributed by atoms with Gasteiger partial charge in [0, 0.05) is 17.5 Å². The third kappa shape index (κ3) is 2.50. The maximum Gasteiger partial charge on any atom is 0.344 e. The van der Waals surface area contributed by atoms with Crippen LogP contribution < -0.4 is 11.4 Å². The first-order valence-corrected chi connectivity index (χ1v) is 8.04. The molecule has 1 aliphatic rings. The molecule has 3 rings (SSSR count). The molecular formula is C12H16N4OS2. The van der Waals surface area contributed by atoms with E-state index in [0.29, 0.717) is 12.6 Å². The van der Waals surface area contributed by atoms with Crippen molar-refractivity contribution in [1.82, 2.24) is 14.8 Å². The topological polar surface area (TPSA) is 76.7 Å². The number of nitrogens with one attached hydrogen (secondary N) is 1. The Balaban J connectivity index is 1.87. The summed E-state index contributed by atoms with van der Waals surface area (Å²) in [6, 6.07) is 2.43. The standard InChI is InChI=1S/C12H16N4OS2/c1-7-4-5-18-10(7)9(6-13)19-12-15-14-11(17)16(12)8-2-3-8/h4-5,8-9H,2-3,6,13H2,1H3,(H,14,17). The van der Waals surface area contributed by atoms with E-state index >= 15 is 0 Å². The Labute approximate surface area is 119 Å². The van der Waals surface area contributed by atoms with Crippen molar-refractivity contribution in [3.8, 4) is 0 Å². The van der Waals surface area contributed by atoms with Crippen LogP contribution in [0.2, 0.25) is 0 Å². The average Bonchev–Trinajstić information content (AvgIpc) is 3.04. The summed E-state index contributed by atoms with van der Waals surface area (Å²) in [5, 5.41) is 9.68. The average molecular weight is 296 g/mol. The maximum absolute atomic E-state index is 11.7. The SMILES string of the molecule is Cc1ccsc1C(CN)Sc1n[nH]c(=O)n1C1CC1. The van der Waals surface area contributed by atoms with E-state index in [9.17, 15) is 4.79 Å². The second-order valence-corrected chi connectivity index (χ2v) is 6.84. The summed E-state index contributed by atoms with van der Waals surface area (Å²) in [6.07, 6.45) is 2.14. The minimum Gasteiger partial charge on any atom is -0.329 e. The van der Waals surface area contributed by atoms with Gasteiger partial charge in [0.25, 0.3) is 0 Å². The van der Waals surface area contributed by atoms with Crippen LogP contribution in [0.4, 0.5) is 0 Å². The first-order chi connectivity index (χ1) is 9.20. The lowest BCUT2D eigenvalue weighted by Crippen LogP contribution is -2.17. The van der Waals surface area contributed by atoms with E-state index in [-0.39, 0.29) is 10.9 Å². The minimum absolute atomic E-state index is 0.108. The molecule has 1 aliphatic carbocycles. The van der Waals surface area contributed by atoms with E-state index in [1.165, 1.54) is 10.4 Å². The number of aromatic nitrogens is 3. The number of aromatic amines is 1. The molecule has 0 saturated heterocycles. The molecule has 0 radical (unpaired) electrons. The zero-order chi connectivity index (χ0) is 13.4. The molecule has 1 atom stereocenters. The zero-order valence-corrected chi connectivity index (χ0v) is 12.3. The van der Waals surface area contributed by atoms with Gasteiger partial charge >= 0.3 is 5.69 Å². The number of nitrogens with zero attached hydrogens (tertiary/aromatic N) is 2. The van der Waals surface area contributed by atoms with E-state index in [0.717, 1.165) is 18.0 Å². The van der Waals surface area contributed by atoms with Gasteiger partial charge in [-0.15, -0.1) is 16.4 Å². The van der Waals surface area contributed by atoms with Gasteiger partial charge in [0.05, 0.1) is 5.25 Å². The fourth-order valence-electron chi connectivity index (χ4n) is 2.08. The maximum atomic E-state index is 11.7. The number of H-pyrrole nitrogens is 1. The normalized spacial score (nSPS) is 16.7. The summed E-state index contributed by atoms with van der Waals surface area (Å²) in [4.78, 5) is 13.0. The molecule has 2 aromatic heterocycles. The Morgan fingerprint density at radius 1 is 1.68 bits per heavy atom. The molecule has 0 bridgehead atoms. The molecule has 0 aromatic carbocycles. The van der Waals surface area contributed by atoms with Gasteiger partial charge in [-0.3, -0.25) is 4.57 Å². The monoisotopic (exact) mass is 296 g/mol. The van der Waals surface area contributed by atoms with Crippen LogP contribution in [-0.4, -0.2) is 21.3 Å². The Morgan fingerprint density at radius 2 is 2.47 bits per heavy atom. The van der Waals surface area contributed by atoms with Gasteiger partial charge < -0.3 is 5.73 Å². The molecule has 7 heteroatoms. The first-order valence-electron chi connectivity index (χ1n) is 6.28. The van der Waals surface area contributed by atoms with Crippen LogP contribution in [0.15, 0.2) is 21.4 Å². The van der Waals surface area contributed by atoms with E-state index < -0.39 is 0 Å². The first kappa shape index (κ1) is 13.0. The Kier molecular flexibility index (Phi) is 3.51. The number of thioether (sulfide) groups is 1. The van der Waals surface area contributed by atoms with Gasteiger partial charge in [-0.05, 0) is 36.8 Å². The number of thiophene rings is 1. The second-order valence-electron chi connectivity index (χ2n) is 4.72. The number of aryl methyl sites for hydroxylation is 1. The summed E-state index contributed by atoms with van der Waals surface area (Å²) in [5.41, 5.74) is 7.04. The smallest absolute Gasteiger partial charge is 0.329 e.